The van der Waals surface area contributed by atoms with Crippen LogP contribution in [0.25, 0.3) is 10.8 Å². The van der Waals surface area contributed by atoms with E-state index >= 15 is 0 Å². The Balaban J connectivity index is 2.00. The molecule has 1 saturated heterocycles. The van der Waals surface area contributed by atoms with Crippen LogP contribution in [0.2, 0.25) is 0 Å². The van der Waals surface area contributed by atoms with Gasteiger partial charge in [-0.3, -0.25) is 4.98 Å². The summed E-state index contributed by atoms with van der Waals surface area (Å²) in [4.78, 5) is 31.9. The highest BCUT2D eigenvalue weighted by atomic mass is 16.5. The predicted octanol–water partition coefficient (Wildman–Crippen LogP) is 2.66. The van der Waals surface area contributed by atoms with Gasteiger partial charge in [0, 0.05) is 17.3 Å². The lowest BCUT2D eigenvalue weighted by molar-refractivity contribution is -0.147. The number of nitrogens with zero attached hydrogens (tertiary/aromatic N) is 2. The van der Waals surface area contributed by atoms with Crippen LogP contribution >= 0.6 is 0 Å². The van der Waals surface area contributed by atoms with Crippen molar-refractivity contribution in [3.63, 3.8) is 0 Å². The van der Waals surface area contributed by atoms with Gasteiger partial charge in [-0.2, -0.15) is 0 Å². The minimum atomic E-state index is -1.37. The van der Waals surface area contributed by atoms with E-state index in [9.17, 15) is 9.59 Å². The normalized spacial score (nSPS) is 21.0. The first-order valence-corrected chi connectivity index (χ1v) is 8.51. The summed E-state index contributed by atoms with van der Waals surface area (Å²) in [5.41, 5.74) is -0.177. The molecule has 0 N–H and O–H groups in total. The van der Waals surface area contributed by atoms with Gasteiger partial charge in [0.15, 0.2) is 6.04 Å². The Morgan fingerprint density at radius 1 is 0.963 bits per heavy atom. The van der Waals surface area contributed by atoms with E-state index in [1.165, 1.54) is 14.2 Å². The van der Waals surface area contributed by atoms with Gasteiger partial charge in [0.1, 0.15) is 0 Å². The summed E-state index contributed by atoms with van der Waals surface area (Å²) in [6.07, 6.45) is 1.64. The zero-order valence-electron chi connectivity index (χ0n) is 15.0. The van der Waals surface area contributed by atoms with Crippen molar-refractivity contribution in [3.05, 3.63) is 72.6 Å². The van der Waals surface area contributed by atoms with Gasteiger partial charge < -0.3 is 14.4 Å². The highest BCUT2D eigenvalue weighted by Crippen LogP contribution is 2.54. The van der Waals surface area contributed by atoms with Gasteiger partial charge in [0.25, 0.3) is 0 Å². The molecule has 6 heteroatoms. The van der Waals surface area contributed by atoms with E-state index in [0.29, 0.717) is 11.4 Å². The fourth-order valence-corrected chi connectivity index (χ4v) is 3.75. The lowest BCUT2D eigenvalue weighted by Crippen LogP contribution is -2.32. The number of carbonyl (C=O) groups is 2. The summed E-state index contributed by atoms with van der Waals surface area (Å²) >= 11 is 0. The van der Waals surface area contributed by atoms with Gasteiger partial charge in [-0.05, 0) is 23.6 Å². The number of hydrogen-bond acceptors (Lipinski definition) is 6. The minimum Gasteiger partial charge on any atom is -0.467 e. The molecule has 1 aliphatic rings. The molecule has 1 aromatic heterocycles. The molecule has 6 nitrogen and oxygen atoms in total. The first-order chi connectivity index (χ1) is 13.2. The SMILES string of the molecule is COC(=O)[C@H]1N(c2ccccc2)[C@]1(C(=O)OC)c1nccc2ccccc12. The number of hydrogen-bond donors (Lipinski definition) is 0. The topological polar surface area (TPSA) is 68.5 Å². The van der Waals surface area contributed by atoms with Crippen LogP contribution in [0.1, 0.15) is 5.69 Å². The highest BCUT2D eigenvalue weighted by molar-refractivity contribution is 6.08. The third-order valence-electron chi connectivity index (χ3n) is 4.96. The first kappa shape index (κ1) is 17.0. The van der Waals surface area contributed by atoms with Gasteiger partial charge >= 0.3 is 11.9 Å². The summed E-state index contributed by atoms with van der Waals surface area (Å²) < 4.78 is 10.1. The number of rotatable bonds is 4. The Labute approximate surface area is 156 Å². The number of esters is 2. The van der Waals surface area contributed by atoms with E-state index in [-0.39, 0.29) is 0 Å². The largest absolute Gasteiger partial charge is 0.467 e. The number of anilines is 1. The number of benzene rings is 2. The summed E-state index contributed by atoms with van der Waals surface area (Å²) in [5, 5.41) is 1.71. The van der Waals surface area contributed by atoms with Gasteiger partial charge in [0.05, 0.1) is 19.9 Å². The Bertz CT molecular complexity index is 1020. The smallest absolute Gasteiger partial charge is 0.340 e. The maximum Gasteiger partial charge on any atom is 0.340 e. The van der Waals surface area contributed by atoms with Crippen molar-refractivity contribution in [1.29, 1.82) is 0 Å². The van der Waals surface area contributed by atoms with Gasteiger partial charge in [-0.1, -0.05) is 42.5 Å². The molecule has 1 aliphatic heterocycles. The maximum atomic E-state index is 13.0. The molecular weight excluding hydrogens is 344 g/mol. The lowest BCUT2D eigenvalue weighted by Gasteiger charge is -2.17. The van der Waals surface area contributed by atoms with Crippen LogP contribution in [0.4, 0.5) is 5.69 Å². The second-order valence-electron chi connectivity index (χ2n) is 6.27. The van der Waals surface area contributed by atoms with E-state index in [1.807, 2.05) is 60.7 Å². The maximum absolute atomic E-state index is 13.0. The first-order valence-electron chi connectivity index (χ1n) is 8.51. The van der Waals surface area contributed by atoms with E-state index in [0.717, 1.165) is 10.8 Å². The third-order valence-corrected chi connectivity index (χ3v) is 4.96. The molecule has 4 rings (SSSR count). The highest BCUT2D eigenvalue weighted by Gasteiger charge is 2.75. The molecule has 0 unspecified atom stereocenters. The van der Waals surface area contributed by atoms with E-state index in [1.54, 1.807) is 11.1 Å². The summed E-state index contributed by atoms with van der Waals surface area (Å²) in [5.74, 6) is -1.07. The quantitative estimate of drug-likeness (QED) is 0.525. The van der Waals surface area contributed by atoms with Crippen LogP contribution in [-0.2, 0) is 24.6 Å². The van der Waals surface area contributed by atoms with Crippen molar-refractivity contribution in [2.75, 3.05) is 19.1 Å². The fourth-order valence-electron chi connectivity index (χ4n) is 3.75. The van der Waals surface area contributed by atoms with E-state index < -0.39 is 23.5 Å². The van der Waals surface area contributed by atoms with Crippen LogP contribution in [0, 0.1) is 0 Å². The standard InChI is InChI=1S/C21H18N2O4/c1-26-19(24)18-21(20(25)27-2,23(18)15-9-4-3-5-10-15)17-16-11-7-6-8-14(16)12-13-22-17/h3-13,18H,1-2H3/t18-,21-,23?/m1/s1. The third kappa shape index (κ3) is 2.37. The van der Waals surface area contributed by atoms with E-state index in [4.69, 9.17) is 9.47 Å². The average Bonchev–Trinajstić information content (AvgIpc) is 3.43. The molecule has 0 radical (unpaired) electrons. The molecule has 0 aliphatic carbocycles. The van der Waals surface area contributed by atoms with Crippen LogP contribution in [-0.4, -0.2) is 37.2 Å². The Kier molecular flexibility index (Phi) is 4.03. The van der Waals surface area contributed by atoms with Crippen molar-refractivity contribution in [3.8, 4) is 0 Å². The molecule has 1 fully saturated rings. The fraction of sp³-hybridized carbons (Fsp3) is 0.190. The zero-order valence-corrected chi connectivity index (χ0v) is 15.0. The molecule has 27 heavy (non-hydrogen) atoms. The van der Waals surface area contributed by atoms with Gasteiger partial charge in [0.2, 0.25) is 5.54 Å². The summed E-state index contributed by atoms with van der Waals surface area (Å²) in [6, 6.07) is 17.9. The number of ether oxygens (including phenoxy) is 2. The number of methoxy groups -OCH3 is 2. The Morgan fingerprint density at radius 2 is 1.67 bits per heavy atom. The second-order valence-corrected chi connectivity index (χ2v) is 6.27. The van der Waals surface area contributed by atoms with Crippen LogP contribution < -0.4 is 4.90 Å². The Morgan fingerprint density at radius 3 is 2.37 bits per heavy atom. The van der Waals surface area contributed by atoms with Crippen molar-refractivity contribution in [1.82, 2.24) is 4.98 Å². The average molecular weight is 362 g/mol. The molecule has 2 atom stereocenters. The van der Waals surface area contributed by atoms with Gasteiger partial charge in [-0.25, -0.2) is 9.59 Å². The van der Waals surface area contributed by atoms with Crippen molar-refractivity contribution in [2.45, 2.75) is 11.6 Å². The number of fused-ring (bicyclic) bond motifs is 1. The molecule has 0 amide bonds. The van der Waals surface area contributed by atoms with Crippen molar-refractivity contribution < 1.29 is 19.1 Å². The number of para-hydroxylation sites is 1. The van der Waals surface area contributed by atoms with Gasteiger partial charge in [-0.15, -0.1) is 0 Å². The summed E-state index contributed by atoms with van der Waals surface area (Å²) in [7, 11) is 2.62. The number of carbonyl (C=O) groups excluding carboxylic acids is 2. The molecule has 2 heterocycles. The number of aromatic nitrogens is 1. The molecule has 3 aromatic rings. The number of pyridine rings is 1. The van der Waals surface area contributed by atoms with Crippen LogP contribution in [0.15, 0.2) is 66.9 Å². The molecule has 0 saturated carbocycles. The van der Waals surface area contributed by atoms with E-state index in [2.05, 4.69) is 4.98 Å². The van der Waals surface area contributed by atoms with Crippen molar-refractivity contribution in [2.24, 2.45) is 0 Å². The van der Waals surface area contributed by atoms with Crippen LogP contribution in [0.3, 0.4) is 0 Å². The molecular formula is C21H18N2O4. The molecule has 2 aromatic carbocycles. The van der Waals surface area contributed by atoms with Crippen molar-refractivity contribution >= 4 is 28.4 Å². The lowest BCUT2D eigenvalue weighted by atomic mass is 9.95. The monoisotopic (exact) mass is 362 g/mol. The molecule has 0 spiro atoms. The van der Waals surface area contributed by atoms with Crippen LogP contribution in [0.5, 0.6) is 0 Å². The predicted molar refractivity (Wildman–Crippen MR) is 100 cm³/mol. The molecule has 136 valence electrons. The minimum absolute atomic E-state index is 0.478. The second kappa shape index (κ2) is 6.39. The summed E-state index contributed by atoms with van der Waals surface area (Å²) in [6.45, 7) is 0. The molecule has 0 bridgehead atoms. The Hall–Kier alpha value is -3.41. The zero-order chi connectivity index (χ0) is 19.0.